The van der Waals surface area contributed by atoms with E-state index in [0.29, 0.717) is 62.7 Å². The van der Waals surface area contributed by atoms with Crippen LogP contribution in [0.15, 0.2) is 0 Å². The maximum atomic E-state index is 6.00. The molecular weight excluding hydrogens is 392 g/mol. The monoisotopic (exact) mass is 426 g/mol. The first-order valence-electron chi connectivity index (χ1n) is 11.8. The van der Waals surface area contributed by atoms with Gasteiger partial charge in [0.25, 0.3) is 0 Å². The van der Waals surface area contributed by atoms with Gasteiger partial charge in [0.2, 0.25) is 0 Å². The normalized spacial score (nSPS) is 51.5. The molecule has 6 atom stereocenters. The van der Waals surface area contributed by atoms with Gasteiger partial charge in [-0.15, -0.1) is 0 Å². The lowest BCUT2D eigenvalue weighted by atomic mass is 9.88. The molecule has 6 aliphatic rings. The van der Waals surface area contributed by atoms with Crippen molar-refractivity contribution in [2.75, 3.05) is 26.4 Å². The van der Waals surface area contributed by atoms with Gasteiger partial charge < -0.3 is 37.9 Å². The number of ether oxygens (including phenoxy) is 8. The fourth-order valence-electron chi connectivity index (χ4n) is 5.64. The van der Waals surface area contributed by atoms with E-state index in [2.05, 4.69) is 0 Å². The smallest absolute Gasteiger partial charge is 0.160 e. The topological polar surface area (TPSA) is 80.4 Å². The van der Waals surface area contributed by atoms with Crippen molar-refractivity contribution in [3.05, 3.63) is 0 Å². The highest BCUT2D eigenvalue weighted by Gasteiger charge is 2.48. The first-order valence-corrected chi connectivity index (χ1v) is 11.8. The van der Waals surface area contributed by atoms with Gasteiger partial charge in [0.15, 0.2) is 18.9 Å². The Bertz CT molecular complexity index is 538. The van der Waals surface area contributed by atoms with Crippen LogP contribution in [0.25, 0.3) is 0 Å². The van der Waals surface area contributed by atoms with Gasteiger partial charge in [0.1, 0.15) is 12.2 Å². The number of epoxide rings is 2. The summed E-state index contributed by atoms with van der Waals surface area (Å²) >= 11 is 0. The van der Waals surface area contributed by atoms with Crippen molar-refractivity contribution in [2.45, 2.75) is 101 Å². The molecule has 0 radical (unpaired) electrons. The molecule has 0 N–H and O–H groups in total. The quantitative estimate of drug-likeness (QED) is 0.471. The van der Waals surface area contributed by atoms with Crippen LogP contribution in [-0.4, -0.2) is 81.9 Å². The van der Waals surface area contributed by atoms with Crippen molar-refractivity contribution < 1.29 is 37.9 Å². The summed E-state index contributed by atoms with van der Waals surface area (Å²) < 4.78 is 47.1. The molecule has 6 rings (SSSR count). The predicted molar refractivity (Wildman–Crippen MR) is 103 cm³/mol. The Labute approximate surface area is 177 Å². The molecule has 2 aliphatic carbocycles. The minimum absolute atomic E-state index is 0.114. The van der Waals surface area contributed by atoms with E-state index in [0.717, 1.165) is 38.5 Å². The van der Waals surface area contributed by atoms with E-state index in [9.17, 15) is 0 Å². The summed E-state index contributed by atoms with van der Waals surface area (Å²) in [4.78, 5) is 0. The molecule has 4 saturated heterocycles. The van der Waals surface area contributed by atoms with Crippen LogP contribution >= 0.6 is 0 Å². The third kappa shape index (κ3) is 4.57. The Morgan fingerprint density at radius 2 is 1.03 bits per heavy atom. The van der Waals surface area contributed by atoms with Crippen molar-refractivity contribution in [3.63, 3.8) is 0 Å². The van der Waals surface area contributed by atoms with Crippen molar-refractivity contribution in [3.8, 4) is 0 Å². The second kappa shape index (κ2) is 8.56. The van der Waals surface area contributed by atoms with E-state index in [-0.39, 0.29) is 31.1 Å². The van der Waals surface area contributed by atoms with Gasteiger partial charge in [-0.2, -0.15) is 0 Å². The third-order valence-electron chi connectivity index (χ3n) is 7.41. The van der Waals surface area contributed by atoms with E-state index in [4.69, 9.17) is 37.9 Å². The van der Waals surface area contributed by atoms with Gasteiger partial charge in [-0.25, -0.2) is 0 Å². The number of hydrogen-bond donors (Lipinski definition) is 0. The summed E-state index contributed by atoms with van der Waals surface area (Å²) in [6, 6.07) is 0. The van der Waals surface area contributed by atoms with Gasteiger partial charge in [0, 0.05) is 11.8 Å². The van der Waals surface area contributed by atoms with Crippen molar-refractivity contribution >= 4 is 0 Å². The second-order valence-electron chi connectivity index (χ2n) is 9.73. The first kappa shape index (κ1) is 20.3. The van der Waals surface area contributed by atoms with E-state index in [1.54, 1.807) is 0 Å². The van der Waals surface area contributed by atoms with Crippen LogP contribution in [-0.2, 0) is 37.9 Å². The molecular formula is C22H34O8. The lowest BCUT2D eigenvalue weighted by Crippen LogP contribution is -2.45. The molecule has 8 nitrogen and oxygen atoms in total. The molecule has 6 unspecified atom stereocenters. The molecule has 170 valence electrons. The van der Waals surface area contributed by atoms with Crippen LogP contribution in [0.3, 0.4) is 0 Å². The Balaban J connectivity index is 0.883. The summed E-state index contributed by atoms with van der Waals surface area (Å²) in [5.74, 6) is 0.878. The fraction of sp³-hybridized carbons (Fsp3) is 1.00. The highest BCUT2D eigenvalue weighted by atomic mass is 16.8. The minimum atomic E-state index is -0.363. The van der Waals surface area contributed by atoms with Gasteiger partial charge in [-0.1, -0.05) is 0 Å². The number of fused-ring (bicyclic) bond motifs is 2. The van der Waals surface area contributed by atoms with Gasteiger partial charge >= 0.3 is 0 Å². The highest BCUT2D eigenvalue weighted by Crippen LogP contribution is 2.43. The first-order chi connectivity index (χ1) is 14.7. The zero-order valence-corrected chi connectivity index (χ0v) is 17.7. The second-order valence-corrected chi connectivity index (χ2v) is 9.73. The zero-order chi connectivity index (χ0) is 20.1. The molecule has 0 spiro atoms. The lowest BCUT2D eigenvalue weighted by molar-refractivity contribution is -0.302. The standard InChI is InChI=1S/C22H34O8/c1-12(27-15-8-23-21(24-9-15)13-2-4-17-19(6-13)29-17)28-16-10-25-22(26-11-16)14-3-5-18-20(7-14)30-18/h12-22H,2-11H2,1H3. The SMILES string of the molecule is CC(OC1COC(C2CCC3OC3C2)OC1)OC1COC(C2CCC3OC3C2)OC1. The van der Waals surface area contributed by atoms with Gasteiger partial charge in [-0.3, -0.25) is 0 Å². The summed E-state index contributed by atoms with van der Waals surface area (Å²) in [5, 5.41) is 0. The van der Waals surface area contributed by atoms with Crippen molar-refractivity contribution in [1.82, 2.24) is 0 Å². The summed E-state index contributed by atoms with van der Waals surface area (Å²) in [5.41, 5.74) is 0. The van der Waals surface area contributed by atoms with E-state index < -0.39 is 0 Å². The fourth-order valence-corrected chi connectivity index (χ4v) is 5.64. The van der Waals surface area contributed by atoms with Gasteiger partial charge in [0.05, 0.1) is 50.8 Å². The maximum absolute atomic E-state index is 6.00. The summed E-state index contributed by atoms with van der Waals surface area (Å²) in [7, 11) is 0. The number of rotatable bonds is 6. The van der Waals surface area contributed by atoms with E-state index in [1.165, 1.54) is 0 Å². The molecule has 0 aromatic rings. The molecule has 2 saturated carbocycles. The Hall–Kier alpha value is -0.320. The van der Waals surface area contributed by atoms with Crippen molar-refractivity contribution in [2.24, 2.45) is 11.8 Å². The van der Waals surface area contributed by atoms with Crippen LogP contribution < -0.4 is 0 Å². The molecule has 30 heavy (non-hydrogen) atoms. The Morgan fingerprint density at radius 1 is 0.600 bits per heavy atom. The number of hydrogen-bond acceptors (Lipinski definition) is 8. The Kier molecular flexibility index (Phi) is 5.79. The molecule has 0 aromatic carbocycles. The summed E-state index contributed by atoms with van der Waals surface area (Å²) in [6.07, 6.45) is 7.65. The van der Waals surface area contributed by atoms with Crippen molar-refractivity contribution in [1.29, 1.82) is 0 Å². The van der Waals surface area contributed by atoms with Crippen LogP contribution in [0.5, 0.6) is 0 Å². The summed E-state index contributed by atoms with van der Waals surface area (Å²) in [6.45, 7) is 4.06. The molecule has 6 fully saturated rings. The molecule has 4 aliphatic heterocycles. The zero-order valence-electron chi connectivity index (χ0n) is 17.7. The highest BCUT2D eigenvalue weighted by molar-refractivity contribution is 4.94. The van der Waals surface area contributed by atoms with Crippen LogP contribution in [0.2, 0.25) is 0 Å². The molecule has 0 amide bonds. The average molecular weight is 427 g/mol. The largest absolute Gasteiger partial charge is 0.370 e. The van der Waals surface area contributed by atoms with Gasteiger partial charge in [-0.05, 0) is 45.4 Å². The molecule has 8 heteroatoms. The molecule has 0 bridgehead atoms. The molecule has 0 aromatic heterocycles. The van der Waals surface area contributed by atoms with Crippen LogP contribution in [0.1, 0.15) is 45.4 Å². The van der Waals surface area contributed by atoms with E-state index >= 15 is 0 Å². The lowest BCUT2D eigenvalue weighted by Gasteiger charge is -2.37. The maximum Gasteiger partial charge on any atom is 0.160 e. The Morgan fingerprint density at radius 3 is 1.43 bits per heavy atom. The van der Waals surface area contributed by atoms with E-state index in [1.807, 2.05) is 6.92 Å². The van der Waals surface area contributed by atoms with Crippen LogP contribution in [0.4, 0.5) is 0 Å². The minimum Gasteiger partial charge on any atom is -0.370 e. The third-order valence-corrected chi connectivity index (χ3v) is 7.41. The predicted octanol–water partition coefficient (Wildman–Crippen LogP) is 1.98. The van der Waals surface area contributed by atoms with Crippen LogP contribution in [0, 0.1) is 11.8 Å². The molecule has 4 heterocycles. The average Bonchev–Trinajstić information content (AvgIpc) is 3.68.